The maximum absolute atomic E-state index is 13.0. The second kappa shape index (κ2) is 9.27. The molecule has 0 aliphatic heterocycles. The predicted molar refractivity (Wildman–Crippen MR) is 121 cm³/mol. The topological polar surface area (TPSA) is 114 Å². The largest absolute Gasteiger partial charge is 0.487 e. The van der Waals surface area contributed by atoms with Crippen LogP contribution in [-0.2, 0) is 0 Å². The van der Waals surface area contributed by atoms with Gasteiger partial charge in [0, 0.05) is 34.6 Å². The summed E-state index contributed by atoms with van der Waals surface area (Å²) >= 11 is 4.77. The van der Waals surface area contributed by atoms with Crippen molar-refractivity contribution in [1.82, 2.24) is 19.7 Å². The van der Waals surface area contributed by atoms with E-state index in [4.69, 9.17) is 16.3 Å². The molecule has 9 nitrogen and oxygen atoms in total. The molecule has 0 aliphatic carbocycles. The average Bonchev–Trinajstić information content (AvgIpc) is 3.46. The van der Waals surface area contributed by atoms with Gasteiger partial charge in [-0.1, -0.05) is 0 Å². The fraction of sp³-hybridized carbons (Fsp3) is 0.227. The summed E-state index contributed by atoms with van der Waals surface area (Å²) in [5, 5.41) is 19.3. The number of aromatic amines is 1. The lowest BCUT2D eigenvalue weighted by atomic mass is 10.0. The number of methoxy groups -OCH3 is 1. The molecule has 1 atom stereocenters. The maximum Gasteiger partial charge on any atom is 0.487 e. The van der Waals surface area contributed by atoms with Gasteiger partial charge in [-0.05, 0) is 49.4 Å². The first-order valence-corrected chi connectivity index (χ1v) is 10.5. The molecule has 0 radical (unpaired) electrons. The van der Waals surface area contributed by atoms with Crippen LogP contribution in [0.4, 0.5) is 14.5 Å². The first kappa shape index (κ1) is 23.5. The Morgan fingerprint density at radius 2 is 2.03 bits per heavy atom. The van der Waals surface area contributed by atoms with Crippen LogP contribution in [0.25, 0.3) is 22.3 Å². The first-order chi connectivity index (χ1) is 16.2. The fourth-order valence-corrected chi connectivity index (χ4v) is 3.62. The van der Waals surface area contributed by atoms with Crippen LogP contribution in [0.3, 0.4) is 0 Å². The van der Waals surface area contributed by atoms with Gasteiger partial charge in [-0.3, -0.25) is 14.5 Å². The predicted octanol–water partition coefficient (Wildman–Crippen LogP) is 4.41. The molecule has 12 heteroatoms. The number of H-pyrrole nitrogens is 1. The number of nitrogens with one attached hydrogen (secondary N) is 2. The van der Waals surface area contributed by atoms with E-state index in [1.54, 1.807) is 29.0 Å². The van der Waals surface area contributed by atoms with Crippen LogP contribution in [0.5, 0.6) is 11.8 Å². The molecule has 0 aliphatic rings. The molecule has 4 aromatic rings. The zero-order valence-corrected chi connectivity index (χ0v) is 18.8. The third kappa shape index (κ3) is 4.80. The Morgan fingerprint density at radius 1 is 1.29 bits per heavy atom. The average molecular weight is 492 g/mol. The highest BCUT2D eigenvalue weighted by molar-refractivity contribution is 6.20. The SMILES string of the molecule is COc1nc2cc(C(=O)Nc3ccc(OC(F)(F)Cl)cc3)cc(-c3ccn[nH]3)c2n1[C@H](C)CO. The van der Waals surface area contributed by atoms with Crippen molar-refractivity contribution in [1.29, 1.82) is 0 Å². The number of aliphatic hydroxyl groups excluding tert-OH is 1. The number of alkyl halides is 3. The molecule has 2 heterocycles. The standard InChI is InChI=1S/C22H20ClF2N5O4/c1-12(11-31)30-19-16(17-7-8-26-29-17)9-13(10-18(19)28-21(30)33-2)20(32)27-14-3-5-15(6-4-14)34-22(23,24)25/h3-10,12,31H,11H2,1-2H3,(H,26,29)(H,27,32)/t12-/m1/s1. The zero-order chi connectivity index (χ0) is 24.5. The first-order valence-electron chi connectivity index (χ1n) is 10.1. The van der Waals surface area contributed by atoms with Crippen LogP contribution in [0.15, 0.2) is 48.7 Å². The second-order valence-electron chi connectivity index (χ2n) is 7.39. The Bertz CT molecular complexity index is 1300. The van der Waals surface area contributed by atoms with Crippen LogP contribution in [0.2, 0.25) is 0 Å². The van der Waals surface area contributed by atoms with E-state index in [1.165, 1.54) is 31.4 Å². The Labute approximate surface area is 197 Å². The second-order valence-corrected chi connectivity index (χ2v) is 7.83. The van der Waals surface area contributed by atoms with Gasteiger partial charge in [0.25, 0.3) is 11.9 Å². The maximum atomic E-state index is 13.0. The van der Waals surface area contributed by atoms with E-state index < -0.39 is 11.5 Å². The minimum Gasteiger partial charge on any atom is -0.468 e. The van der Waals surface area contributed by atoms with Crippen molar-refractivity contribution >= 4 is 34.2 Å². The lowest BCUT2D eigenvalue weighted by Crippen LogP contribution is -2.16. The molecule has 178 valence electrons. The fourth-order valence-electron chi connectivity index (χ4n) is 3.53. The van der Waals surface area contributed by atoms with Crippen LogP contribution < -0.4 is 14.8 Å². The summed E-state index contributed by atoms with van der Waals surface area (Å²) in [6, 6.07) is 10.3. The minimum absolute atomic E-state index is 0.151. The van der Waals surface area contributed by atoms with E-state index in [-0.39, 0.29) is 30.0 Å². The normalized spacial score (nSPS) is 12.5. The summed E-state index contributed by atoms with van der Waals surface area (Å²) in [4.78, 5) is 17.5. The Balaban J connectivity index is 1.73. The van der Waals surface area contributed by atoms with Gasteiger partial charge < -0.3 is 19.9 Å². The van der Waals surface area contributed by atoms with E-state index in [1.807, 2.05) is 6.92 Å². The van der Waals surface area contributed by atoms with E-state index in [2.05, 4.69) is 25.2 Å². The van der Waals surface area contributed by atoms with Crippen molar-refractivity contribution in [2.75, 3.05) is 19.0 Å². The minimum atomic E-state index is -3.83. The van der Waals surface area contributed by atoms with Crippen LogP contribution in [0.1, 0.15) is 23.3 Å². The zero-order valence-electron chi connectivity index (χ0n) is 18.1. The number of fused-ring (bicyclic) bond motifs is 1. The number of amides is 1. The van der Waals surface area contributed by atoms with E-state index in [0.717, 1.165) is 0 Å². The summed E-state index contributed by atoms with van der Waals surface area (Å²) in [6.07, 6.45) is 1.58. The third-order valence-corrected chi connectivity index (χ3v) is 5.12. The quantitative estimate of drug-likeness (QED) is 0.315. The lowest BCUT2D eigenvalue weighted by Gasteiger charge is -2.16. The molecular weight excluding hydrogens is 472 g/mol. The van der Waals surface area contributed by atoms with Gasteiger partial charge in [0.1, 0.15) is 5.75 Å². The Kier molecular flexibility index (Phi) is 6.40. The molecule has 0 saturated heterocycles. The molecule has 1 amide bonds. The number of aromatic nitrogens is 4. The molecule has 2 aromatic carbocycles. The number of carbonyl (C=O) groups is 1. The number of hydrogen-bond donors (Lipinski definition) is 3. The number of rotatable bonds is 8. The Morgan fingerprint density at radius 3 is 2.62 bits per heavy atom. The van der Waals surface area contributed by atoms with Gasteiger partial charge in [-0.2, -0.15) is 10.1 Å². The Hall–Kier alpha value is -3.70. The summed E-state index contributed by atoms with van der Waals surface area (Å²) in [6.45, 7) is 1.66. The van der Waals surface area contributed by atoms with E-state index >= 15 is 0 Å². The molecule has 2 aromatic heterocycles. The van der Waals surface area contributed by atoms with E-state index in [0.29, 0.717) is 28.0 Å². The summed E-state index contributed by atoms with van der Waals surface area (Å²) in [5.41, 5.74) is -0.794. The number of nitrogens with zero attached hydrogens (tertiary/aromatic N) is 3. The molecule has 0 bridgehead atoms. The molecule has 0 saturated carbocycles. The number of imidazole rings is 1. The monoisotopic (exact) mass is 491 g/mol. The highest BCUT2D eigenvalue weighted by Gasteiger charge is 2.27. The van der Waals surface area contributed by atoms with Crippen molar-refractivity contribution in [3.8, 4) is 23.0 Å². The molecule has 0 fully saturated rings. The number of hydrogen-bond acceptors (Lipinski definition) is 6. The van der Waals surface area contributed by atoms with Gasteiger partial charge in [-0.15, -0.1) is 8.78 Å². The highest BCUT2D eigenvalue weighted by atomic mass is 35.5. The van der Waals surface area contributed by atoms with Gasteiger partial charge >= 0.3 is 5.57 Å². The van der Waals surface area contributed by atoms with Crippen molar-refractivity contribution in [3.05, 3.63) is 54.2 Å². The summed E-state index contributed by atoms with van der Waals surface area (Å²) < 4.78 is 37.0. The van der Waals surface area contributed by atoms with Crippen LogP contribution in [-0.4, -0.2) is 50.0 Å². The molecule has 34 heavy (non-hydrogen) atoms. The van der Waals surface area contributed by atoms with Crippen molar-refractivity contribution in [3.63, 3.8) is 0 Å². The number of benzene rings is 2. The number of aliphatic hydroxyl groups is 1. The van der Waals surface area contributed by atoms with Gasteiger partial charge in [0.15, 0.2) is 0 Å². The molecule has 3 N–H and O–H groups in total. The molecule has 4 rings (SSSR count). The number of ether oxygens (including phenoxy) is 2. The number of halogens is 3. The smallest absolute Gasteiger partial charge is 0.468 e. The molecule has 0 unspecified atom stereocenters. The molecule has 0 spiro atoms. The van der Waals surface area contributed by atoms with E-state index in [9.17, 15) is 18.7 Å². The highest BCUT2D eigenvalue weighted by Crippen LogP contribution is 2.35. The van der Waals surface area contributed by atoms with Crippen LogP contribution >= 0.6 is 11.6 Å². The third-order valence-electron chi connectivity index (χ3n) is 5.04. The molecular formula is C22H20ClF2N5O4. The van der Waals surface area contributed by atoms with Crippen LogP contribution in [0, 0.1) is 0 Å². The summed E-state index contributed by atoms with van der Waals surface area (Å²) in [5.74, 6) is -0.612. The van der Waals surface area contributed by atoms with Gasteiger partial charge in [0.2, 0.25) is 0 Å². The van der Waals surface area contributed by atoms with Gasteiger partial charge in [0.05, 0.1) is 36.5 Å². The number of anilines is 1. The summed E-state index contributed by atoms with van der Waals surface area (Å²) in [7, 11) is 1.47. The van der Waals surface area contributed by atoms with Crippen molar-refractivity contribution in [2.45, 2.75) is 18.5 Å². The van der Waals surface area contributed by atoms with Gasteiger partial charge in [-0.25, -0.2) is 0 Å². The van der Waals surface area contributed by atoms with Crippen molar-refractivity contribution < 1.29 is 28.2 Å². The number of carbonyl (C=O) groups excluding carboxylic acids is 1. The van der Waals surface area contributed by atoms with Crippen molar-refractivity contribution in [2.24, 2.45) is 0 Å². The lowest BCUT2D eigenvalue weighted by molar-refractivity contribution is -0.0964.